The first-order valence-electron chi connectivity index (χ1n) is 15.0. The van der Waals surface area contributed by atoms with Crippen LogP contribution in [-0.2, 0) is 0 Å². The van der Waals surface area contributed by atoms with Crippen LogP contribution in [0, 0.1) is 0 Å². The molecule has 2 aromatic heterocycles. The third-order valence-corrected chi connectivity index (χ3v) is 9.25. The third-order valence-electron chi connectivity index (χ3n) is 9.25. The van der Waals surface area contributed by atoms with Gasteiger partial charge in [0.15, 0.2) is 0 Å². The molecule has 8 aromatic carbocycles. The van der Waals surface area contributed by atoms with Gasteiger partial charge in [0.25, 0.3) is 0 Å². The lowest BCUT2D eigenvalue weighted by molar-refractivity contribution is 0.658. The van der Waals surface area contributed by atoms with Gasteiger partial charge >= 0.3 is 0 Å². The van der Waals surface area contributed by atoms with Gasteiger partial charge in [-0.2, -0.15) is 0 Å². The van der Waals surface area contributed by atoms with Crippen LogP contribution in [0.25, 0.3) is 98.4 Å². The Morgan fingerprint density at radius 1 is 0.295 bits per heavy atom. The molecule has 0 atom stereocenters. The van der Waals surface area contributed by atoms with E-state index in [9.17, 15) is 0 Å². The second-order valence-corrected chi connectivity index (χ2v) is 11.6. The van der Waals surface area contributed by atoms with Crippen LogP contribution in [0.3, 0.4) is 0 Å². The first-order valence-corrected chi connectivity index (χ1v) is 15.0. The van der Waals surface area contributed by atoms with Gasteiger partial charge < -0.3 is 8.83 Å². The molecular formula is C42H24O2. The van der Waals surface area contributed by atoms with E-state index in [-0.39, 0.29) is 0 Å². The van der Waals surface area contributed by atoms with Crippen molar-refractivity contribution in [3.05, 3.63) is 146 Å². The highest BCUT2D eigenvalue weighted by Gasteiger charge is 2.25. The van der Waals surface area contributed by atoms with E-state index in [0.29, 0.717) is 0 Å². The lowest BCUT2D eigenvalue weighted by atomic mass is 9.84. The van der Waals surface area contributed by atoms with Gasteiger partial charge in [-0.3, -0.25) is 0 Å². The highest BCUT2D eigenvalue weighted by Crippen LogP contribution is 2.50. The van der Waals surface area contributed by atoms with Crippen LogP contribution in [0.15, 0.2) is 154 Å². The number of hydrogen-bond acceptors (Lipinski definition) is 2. The van der Waals surface area contributed by atoms with Crippen LogP contribution < -0.4 is 0 Å². The maximum Gasteiger partial charge on any atom is 0.147 e. The minimum atomic E-state index is 0.853. The summed E-state index contributed by atoms with van der Waals surface area (Å²) in [4.78, 5) is 0. The van der Waals surface area contributed by atoms with Crippen molar-refractivity contribution >= 4 is 76.2 Å². The molecule has 0 unspecified atom stereocenters. The fourth-order valence-electron chi connectivity index (χ4n) is 7.39. The highest BCUT2D eigenvalue weighted by molar-refractivity contribution is 6.30. The Morgan fingerprint density at radius 2 is 0.727 bits per heavy atom. The molecule has 2 heterocycles. The predicted molar refractivity (Wildman–Crippen MR) is 184 cm³/mol. The van der Waals surface area contributed by atoms with Gasteiger partial charge in [0, 0.05) is 27.1 Å². The van der Waals surface area contributed by atoms with Gasteiger partial charge in [0.05, 0.1) is 5.56 Å². The van der Waals surface area contributed by atoms with Crippen LogP contribution >= 0.6 is 0 Å². The van der Waals surface area contributed by atoms with Crippen LogP contribution in [0.4, 0.5) is 0 Å². The summed E-state index contributed by atoms with van der Waals surface area (Å²) >= 11 is 0. The van der Waals surface area contributed by atoms with E-state index in [2.05, 4.69) is 133 Å². The van der Waals surface area contributed by atoms with E-state index in [1.54, 1.807) is 0 Å². The lowest BCUT2D eigenvalue weighted by Gasteiger charge is -2.19. The molecule has 0 aliphatic rings. The third kappa shape index (κ3) is 3.14. The summed E-state index contributed by atoms with van der Waals surface area (Å²) < 4.78 is 13.5. The van der Waals surface area contributed by atoms with E-state index in [1.807, 2.05) is 12.1 Å². The molecule has 0 aliphatic carbocycles. The van der Waals surface area contributed by atoms with Crippen molar-refractivity contribution in [1.29, 1.82) is 0 Å². The monoisotopic (exact) mass is 560 g/mol. The molecule has 10 rings (SSSR count). The molecule has 0 N–H and O–H groups in total. The van der Waals surface area contributed by atoms with Gasteiger partial charge in [-0.25, -0.2) is 0 Å². The lowest BCUT2D eigenvalue weighted by Crippen LogP contribution is -1.92. The largest absolute Gasteiger partial charge is 0.455 e. The molecule has 2 nitrogen and oxygen atoms in total. The maximum absolute atomic E-state index is 6.75. The first kappa shape index (κ1) is 23.7. The van der Waals surface area contributed by atoms with E-state index < -0.39 is 0 Å². The van der Waals surface area contributed by atoms with Crippen molar-refractivity contribution in [3.8, 4) is 22.3 Å². The summed E-state index contributed by atoms with van der Waals surface area (Å²) in [5, 5.41) is 11.6. The molecule has 0 aliphatic heterocycles. The molecule has 2 heteroatoms. The maximum atomic E-state index is 6.75. The van der Waals surface area contributed by atoms with Crippen molar-refractivity contribution in [1.82, 2.24) is 0 Å². The summed E-state index contributed by atoms with van der Waals surface area (Å²) in [5.41, 5.74) is 8.07. The summed E-state index contributed by atoms with van der Waals surface area (Å²) in [5.74, 6) is 0. The molecule has 0 fully saturated rings. The second-order valence-electron chi connectivity index (χ2n) is 11.6. The van der Waals surface area contributed by atoms with Crippen molar-refractivity contribution < 1.29 is 8.83 Å². The summed E-state index contributed by atoms with van der Waals surface area (Å²) in [6.45, 7) is 0. The van der Waals surface area contributed by atoms with Crippen molar-refractivity contribution in [2.75, 3.05) is 0 Å². The summed E-state index contributed by atoms with van der Waals surface area (Å²) in [6, 6.07) is 51.8. The van der Waals surface area contributed by atoms with Crippen LogP contribution in [0.1, 0.15) is 0 Å². The van der Waals surface area contributed by atoms with Gasteiger partial charge in [0.2, 0.25) is 0 Å². The Labute approximate surface area is 252 Å². The normalized spacial score (nSPS) is 12.1. The molecule has 0 spiro atoms. The fourth-order valence-corrected chi connectivity index (χ4v) is 7.39. The Balaban J connectivity index is 1.46. The molecular weight excluding hydrogens is 536 g/mol. The van der Waals surface area contributed by atoms with Gasteiger partial charge in [0.1, 0.15) is 22.3 Å². The number of rotatable bonds is 2. The Morgan fingerprint density at radius 3 is 1.30 bits per heavy atom. The minimum absolute atomic E-state index is 0.853. The van der Waals surface area contributed by atoms with E-state index in [1.165, 1.54) is 43.4 Å². The number of fused-ring (bicyclic) bond motifs is 9. The molecule has 0 bridgehead atoms. The number of hydrogen-bond donors (Lipinski definition) is 0. The smallest absolute Gasteiger partial charge is 0.147 e. The van der Waals surface area contributed by atoms with Crippen molar-refractivity contribution in [2.24, 2.45) is 0 Å². The molecule has 0 saturated heterocycles. The highest BCUT2D eigenvalue weighted by atomic mass is 16.3. The van der Waals surface area contributed by atoms with Crippen LogP contribution in [0.2, 0.25) is 0 Å². The fraction of sp³-hybridized carbons (Fsp3) is 0. The van der Waals surface area contributed by atoms with E-state index >= 15 is 0 Å². The van der Waals surface area contributed by atoms with Crippen molar-refractivity contribution in [3.63, 3.8) is 0 Å². The molecule has 0 radical (unpaired) electrons. The Hall–Kier alpha value is -5.86. The number of benzene rings is 8. The SMILES string of the molecule is c1ccc2c(-c3c4ccccc4c(-c4c5oc6ccccc6c5cc5c4oc4ccccc45)c4ccccc34)cccc2c1. The van der Waals surface area contributed by atoms with E-state index in [0.717, 1.165) is 55.0 Å². The average Bonchev–Trinajstić information content (AvgIpc) is 3.64. The zero-order valence-electron chi connectivity index (χ0n) is 23.7. The van der Waals surface area contributed by atoms with Crippen LogP contribution in [0.5, 0.6) is 0 Å². The standard InChI is InChI=1S/C42H24O2/c1-2-14-26-25(12-1)13-11-21-29(26)38-30-17-3-5-19-32(30)39(33-20-6-4-18-31(33)38)40-41-34(27-15-7-9-22-36(27)43-41)24-35-28-16-8-10-23-37(28)44-42(35)40/h1-24H. The Bertz CT molecular complexity index is 2620. The van der Waals surface area contributed by atoms with E-state index in [4.69, 9.17) is 8.83 Å². The molecule has 0 saturated carbocycles. The molecule has 204 valence electrons. The zero-order chi connectivity index (χ0) is 28.8. The Kier molecular flexibility index (Phi) is 4.75. The summed E-state index contributed by atoms with van der Waals surface area (Å²) in [7, 11) is 0. The zero-order valence-corrected chi connectivity index (χ0v) is 23.7. The molecule has 44 heavy (non-hydrogen) atoms. The van der Waals surface area contributed by atoms with Gasteiger partial charge in [-0.15, -0.1) is 0 Å². The van der Waals surface area contributed by atoms with Crippen molar-refractivity contribution in [2.45, 2.75) is 0 Å². The molecule has 10 aromatic rings. The number of furan rings is 2. The van der Waals surface area contributed by atoms with Gasteiger partial charge in [-0.1, -0.05) is 127 Å². The molecule has 0 amide bonds. The van der Waals surface area contributed by atoms with Gasteiger partial charge in [-0.05, 0) is 61.6 Å². The number of para-hydroxylation sites is 2. The topological polar surface area (TPSA) is 26.3 Å². The first-order chi connectivity index (χ1) is 21.8. The predicted octanol–water partition coefficient (Wildman–Crippen LogP) is 12.3. The second kappa shape index (κ2) is 8.82. The quantitative estimate of drug-likeness (QED) is 0.197. The minimum Gasteiger partial charge on any atom is -0.455 e. The summed E-state index contributed by atoms with van der Waals surface area (Å²) in [6.07, 6.45) is 0. The van der Waals surface area contributed by atoms with Crippen LogP contribution in [-0.4, -0.2) is 0 Å². The average molecular weight is 561 g/mol.